The van der Waals surface area contributed by atoms with E-state index >= 15 is 0 Å². The molecule has 0 aliphatic carbocycles. The van der Waals surface area contributed by atoms with Crippen molar-refractivity contribution in [3.8, 4) is 0 Å². The summed E-state index contributed by atoms with van der Waals surface area (Å²) in [5.41, 5.74) is 0. The van der Waals surface area contributed by atoms with Crippen LogP contribution in [0.2, 0.25) is 0 Å². The molecule has 2 heteroatoms. The average molecular weight is 212 g/mol. The molecule has 0 aromatic rings. The molecule has 0 bridgehead atoms. The van der Waals surface area contributed by atoms with Crippen LogP contribution in [-0.4, -0.2) is 29.4 Å². The molecule has 0 aliphatic rings. The normalized spacial score (nSPS) is 12.7. The Morgan fingerprint density at radius 3 is 2.07 bits per heavy atom. The minimum absolute atomic E-state index is 0.405. The van der Waals surface area contributed by atoms with Gasteiger partial charge >= 0.3 is 0 Å². The Labute approximate surface area is 95.8 Å². The smallest absolute Gasteiger partial charge is 0.0991 e. The number of rotatable bonds is 6. The van der Waals surface area contributed by atoms with Crippen molar-refractivity contribution in [3.63, 3.8) is 0 Å². The van der Waals surface area contributed by atoms with Gasteiger partial charge in [-0.25, -0.2) is 0 Å². The highest BCUT2D eigenvalue weighted by Gasteiger charge is 2.12. The first kappa shape index (κ1) is 14.5. The Balaban J connectivity index is 4.55. The van der Waals surface area contributed by atoms with Crippen molar-refractivity contribution in [1.29, 1.82) is 0 Å². The zero-order valence-corrected chi connectivity index (χ0v) is 11.4. The van der Waals surface area contributed by atoms with E-state index in [0.29, 0.717) is 12.1 Å². The second kappa shape index (κ2) is 7.72. The van der Waals surface area contributed by atoms with Crippen molar-refractivity contribution in [3.05, 3.63) is 0 Å². The van der Waals surface area contributed by atoms with E-state index in [1.165, 1.54) is 18.7 Å². The van der Waals surface area contributed by atoms with Crippen LogP contribution in [0, 0.1) is 0 Å². The Bertz CT molecular complexity index is 183. The monoisotopic (exact) mass is 212 g/mol. The van der Waals surface area contributed by atoms with E-state index in [2.05, 4.69) is 46.4 Å². The van der Waals surface area contributed by atoms with Crippen LogP contribution in [0.4, 0.5) is 0 Å². The van der Waals surface area contributed by atoms with Crippen molar-refractivity contribution in [2.45, 2.75) is 72.9 Å². The summed E-state index contributed by atoms with van der Waals surface area (Å²) in [6.45, 7) is 14.4. The fourth-order valence-corrected chi connectivity index (χ4v) is 1.68. The molecule has 0 radical (unpaired) electrons. The molecule has 0 N–H and O–H groups in total. The molecule has 0 aliphatic heterocycles. The summed E-state index contributed by atoms with van der Waals surface area (Å²) in [6, 6.07) is 0.969. The van der Waals surface area contributed by atoms with E-state index in [0.717, 1.165) is 13.0 Å². The molecule has 0 rings (SSSR count). The Morgan fingerprint density at radius 2 is 1.73 bits per heavy atom. The minimum Gasteiger partial charge on any atom is -0.358 e. The molecule has 90 valence electrons. The van der Waals surface area contributed by atoms with Crippen molar-refractivity contribution in [2.75, 3.05) is 6.54 Å². The van der Waals surface area contributed by atoms with Gasteiger partial charge in [0, 0.05) is 25.0 Å². The second-order valence-corrected chi connectivity index (χ2v) is 4.63. The van der Waals surface area contributed by atoms with Gasteiger partial charge in [0.2, 0.25) is 0 Å². The summed E-state index contributed by atoms with van der Waals surface area (Å²) >= 11 is 0. The van der Waals surface area contributed by atoms with Gasteiger partial charge in [0.05, 0.1) is 5.84 Å². The van der Waals surface area contributed by atoms with Crippen molar-refractivity contribution >= 4 is 5.84 Å². The molecule has 0 aromatic heterocycles. The lowest BCUT2D eigenvalue weighted by atomic mass is 10.2. The molecule has 0 atom stereocenters. The SMILES string of the molecule is CCCCN(/C(CC)=N/C(C)C)C(C)C. The van der Waals surface area contributed by atoms with Crippen molar-refractivity contribution in [2.24, 2.45) is 4.99 Å². The number of nitrogens with zero attached hydrogens (tertiary/aromatic N) is 2. The molecular weight excluding hydrogens is 184 g/mol. The summed E-state index contributed by atoms with van der Waals surface area (Å²) in [7, 11) is 0. The van der Waals surface area contributed by atoms with Crippen molar-refractivity contribution in [1.82, 2.24) is 4.90 Å². The van der Waals surface area contributed by atoms with Crippen LogP contribution in [0.15, 0.2) is 4.99 Å². The van der Waals surface area contributed by atoms with Gasteiger partial charge in [-0.05, 0) is 34.1 Å². The highest BCUT2D eigenvalue weighted by Crippen LogP contribution is 2.07. The van der Waals surface area contributed by atoms with Crippen LogP contribution in [-0.2, 0) is 0 Å². The van der Waals surface area contributed by atoms with Crippen LogP contribution in [0.1, 0.15) is 60.8 Å². The zero-order valence-electron chi connectivity index (χ0n) is 11.4. The quantitative estimate of drug-likeness (QED) is 0.484. The topological polar surface area (TPSA) is 15.6 Å². The van der Waals surface area contributed by atoms with Crippen LogP contribution in [0.3, 0.4) is 0 Å². The molecule has 0 saturated heterocycles. The molecule has 0 unspecified atom stereocenters. The highest BCUT2D eigenvalue weighted by molar-refractivity contribution is 5.82. The van der Waals surface area contributed by atoms with Crippen LogP contribution in [0.5, 0.6) is 0 Å². The Kier molecular flexibility index (Phi) is 7.45. The van der Waals surface area contributed by atoms with Gasteiger partial charge in [-0.3, -0.25) is 4.99 Å². The first-order chi connectivity index (χ1) is 7.02. The summed E-state index contributed by atoms with van der Waals surface area (Å²) in [5, 5.41) is 0. The van der Waals surface area contributed by atoms with Gasteiger partial charge in [0.15, 0.2) is 0 Å². The highest BCUT2D eigenvalue weighted by atomic mass is 15.2. The zero-order chi connectivity index (χ0) is 11.8. The third-order valence-corrected chi connectivity index (χ3v) is 2.43. The summed E-state index contributed by atoms with van der Waals surface area (Å²) in [5.74, 6) is 1.27. The fourth-order valence-electron chi connectivity index (χ4n) is 1.68. The molecule has 15 heavy (non-hydrogen) atoms. The van der Waals surface area contributed by atoms with E-state index in [4.69, 9.17) is 4.99 Å². The van der Waals surface area contributed by atoms with Gasteiger partial charge in [-0.1, -0.05) is 20.3 Å². The summed E-state index contributed by atoms with van der Waals surface area (Å²) < 4.78 is 0. The van der Waals surface area contributed by atoms with Crippen LogP contribution >= 0.6 is 0 Å². The van der Waals surface area contributed by atoms with E-state index in [9.17, 15) is 0 Å². The summed E-state index contributed by atoms with van der Waals surface area (Å²) in [4.78, 5) is 7.16. The fraction of sp³-hybridized carbons (Fsp3) is 0.923. The Morgan fingerprint density at radius 1 is 1.13 bits per heavy atom. The molecule has 0 aromatic carbocycles. The van der Waals surface area contributed by atoms with Gasteiger partial charge < -0.3 is 4.90 Å². The van der Waals surface area contributed by atoms with E-state index in [1.807, 2.05) is 0 Å². The first-order valence-electron chi connectivity index (χ1n) is 6.36. The number of hydrogen-bond donors (Lipinski definition) is 0. The van der Waals surface area contributed by atoms with Gasteiger partial charge in [0.1, 0.15) is 0 Å². The first-order valence-corrected chi connectivity index (χ1v) is 6.36. The predicted octanol–water partition coefficient (Wildman–Crippen LogP) is 3.71. The molecule has 0 fully saturated rings. The number of unbranched alkanes of at least 4 members (excludes halogenated alkanes) is 1. The summed E-state index contributed by atoms with van der Waals surface area (Å²) in [6.07, 6.45) is 3.55. The van der Waals surface area contributed by atoms with Crippen LogP contribution in [0.25, 0.3) is 0 Å². The molecule has 0 spiro atoms. The van der Waals surface area contributed by atoms with Crippen LogP contribution < -0.4 is 0 Å². The van der Waals surface area contributed by atoms with Crippen molar-refractivity contribution < 1.29 is 0 Å². The Hall–Kier alpha value is -0.530. The van der Waals surface area contributed by atoms with E-state index in [-0.39, 0.29) is 0 Å². The predicted molar refractivity (Wildman–Crippen MR) is 69.6 cm³/mol. The molecule has 0 amide bonds. The lowest BCUT2D eigenvalue weighted by molar-refractivity contribution is 0.335. The molecular formula is C13H28N2. The second-order valence-electron chi connectivity index (χ2n) is 4.63. The molecule has 0 saturated carbocycles. The lowest BCUT2D eigenvalue weighted by Gasteiger charge is -2.30. The van der Waals surface area contributed by atoms with Gasteiger partial charge in [-0.2, -0.15) is 0 Å². The average Bonchev–Trinajstić information content (AvgIpc) is 2.15. The maximum Gasteiger partial charge on any atom is 0.0991 e. The third-order valence-electron chi connectivity index (χ3n) is 2.43. The minimum atomic E-state index is 0.405. The van der Waals surface area contributed by atoms with Gasteiger partial charge in [-0.15, -0.1) is 0 Å². The molecule has 0 heterocycles. The maximum atomic E-state index is 4.71. The largest absolute Gasteiger partial charge is 0.358 e. The van der Waals surface area contributed by atoms with E-state index in [1.54, 1.807) is 0 Å². The maximum absolute atomic E-state index is 4.71. The third kappa shape index (κ3) is 5.81. The van der Waals surface area contributed by atoms with Gasteiger partial charge in [0.25, 0.3) is 0 Å². The number of aliphatic imine (C=N–C) groups is 1. The van der Waals surface area contributed by atoms with E-state index < -0.39 is 0 Å². The lowest BCUT2D eigenvalue weighted by Crippen LogP contribution is -2.38. The number of hydrogen-bond acceptors (Lipinski definition) is 1. The molecule has 2 nitrogen and oxygen atoms in total. The number of amidine groups is 1. The standard InChI is InChI=1S/C13H28N2/c1-7-9-10-15(12(5)6)13(8-2)14-11(3)4/h11-12H,7-10H2,1-6H3/b14-13+.